The van der Waals surface area contributed by atoms with E-state index in [1.54, 1.807) is 0 Å². The molecule has 1 aliphatic rings. The van der Waals surface area contributed by atoms with E-state index in [2.05, 4.69) is 4.74 Å². The largest absolute Gasteiger partial charge is 0.481 e. The summed E-state index contributed by atoms with van der Waals surface area (Å²) < 4.78 is 9.51. The standard InChI is InChI=1S/C8H12O5/c1-12-8(11)6-4-13-3-2-5(6)7(9)10/h5-6H,2-4H2,1H3,(H,9,10)/t5-,6+/m1/s1. The SMILES string of the molecule is COC(=O)[C@H]1COCC[C@H]1C(=O)O. The van der Waals surface area contributed by atoms with Gasteiger partial charge in [0.05, 0.1) is 25.6 Å². The van der Waals surface area contributed by atoms with Crippen LogP contribution in [0.3, 0.4) is 0 Å². The van der Waals surface area contributed by atoms with Crippen molar-refractivity contribution in [3.8, 4) is 0 Å². The minimum absolute atomic E-state index is 0.143. The highest BCUT2D eigenvalue weighted by atomic mass is 16.5. The van der Waals surface area contributed by atoms with Crippen LogP contribution in [-0.4, -0.2) is 37.4 Å². The fourth-order valence-corrected chi connectivity index (χ4v) is 1.42. The van der Waals surface area contributed by atoms with Crippen molar-refractivity contribution >= 4 is 11.9 Å². The summed E-state index contributed by atoms with van der Waals surface area (Å²) in [5.74, 6) is -2.79. The molecule has 5 heteroatoms. The van der Waals surface area contributed by atoms with Crippen LogP contribution in [0.5, 0.6) is 0 Å². The molecule has 74 valence electrons. The van der Waals surface area contributed by atoms with Crippen LogP contribution in [0.15, 0.2) is 0 Å². The van der Waals surface area contributed by atoms with E-state index in [1.165, 1.54) is 7.11 Å². The molecule has 1 aliphatic heterocycles. The molecule has 0 amide bonds. The first-order chi connectivity index (χ1) is 6.16. The molecule has 0 unspecified atom stereocenters. The van der Waals surface area contributed by atoms with Gasteiger partial charge in [0.1, 0.15) is 0 Å². The van der Waals surface area contributed by atoms with Gasteiger partial charge in [-0.05, 0) is 6.42 Å². The molecule has 1 saturated heterocycles. The molecular weight excluding hydrogens is 176 g/mol. The molecule has 0 aromatic carbocycles. The van der Waals surface area contributed by atoms with Crippen molar-refractivity contribution in [2.45, 2.75) is 6.42 Å². The zero-order valence-electron chi connectivity index (χ0n) is 7.36. The maximum atomic E-state index is 11.1. The van der Waals surface area contributed by atoms with Gasteiger partial charge < -0.3 is 14.6 Å². The van der Waals surface area contributed by atoms with E-state index >= 15 is 0 Å². The van der Waals surface area contributed by atoms with E-state index in [0.29, 0.717) is 13.0 Å². The summed E-state index contributed by atoms with van der Waals surface area (Å²) in [4.78, 5) is 21.8. The van der Waals surface area contributed by atoms with E-state index in [-0.39, 0.29) is 6.61 Å². The smallest absolute Gasteiger partial charge is 0.311 e. The highest BCUT2D eigenvalue weighted by molar-refractivity contribution is 5.81. The normalized spacial score (nSPS) is 28.1. The lowest BCUT2D eigenvalue weighted by atomic mass is 9.88. The number of aliphatic carboxylic acids is 1. The molecule has 0 aromatic heterocycles. The molecule has 1 fully saturated rings. The summed E-state index contributed by atoms with van der Waals surface area (Å²) in [6.45, 7) is 0.536. The number of carboxylic acid groups (broad SMARTS) is 1. The van der Waals surface area contributed by atoms with Gasteiger partial charge in [-0.15, -0.1) is 0 Å². The average molecular weight is 188 g/mol. The number of carbonyl (C=O) groups excluding carboxylic acids is 1. The zero-order chi connectivity index (χ0) is 9.84. The zero-order valence-corrected chi connectivity index (χ0v) is 7.36. The third-order valence-corrected chi connectivity index (χ3v) is 2.18. The van der Waals surface area contributed by atoms with E-state index in [4.69, 9.17) is 9.84 Å². The van der Waals surface area contributed by atoms with Gasteiger partial charge in [-0.25, -0.2) is 0 Å². The third kappa shape index (κ3) is 2.18. The number of hydrogen-bond donors (Lipinski definition) is 1. The first-order valence-electron chi connectivity index (χ1n) is 4.05. The van der Waals surface area contributed by atoms with E-state index in [0.717, 1.165) is 0 Å². The molecule has 0 aromatic rings. The van der Waals surface area contributed by atoms with E-state index < -0.39 is 23.8 Å². The van der Waals surface area contributed by atoms with Crippen LogP contribution in [0.1, 0.15) is 6.42 Å². The summed E-state index contributed by atoms with van der Waals surface area (Å²) in [5.41, 5.74) is 0. The van der Waals surface area contributed by atoms with Crippen molar-refractivity contribution in [3.05, 3.63) is 0 Å². The monoisotopic (exact) mass is 188 g/mol. The van der Waals surface area contributed by atoms with Gasteiger partial charge in [-0.2, -0.15) is 0 Å². The second-order valence-electron chi connectivity index (χ2n) is 2.94. The highest BCUT2D eigenvalue weighted by Crippen LogP contribution is 2.23. The summed E-state index contributed by atoms with van der Waals surface area (Å²) in [6.07, 6.45) is 0.370. The number of rotatable bonds is 2. The molecule has 1 rings (SSSR count). The Balaban J connectivity index is 2.67. The molecule has 13 heavy (non-hydrogen) atoms. The van der Waals surface area contributed by atoms with Crippen molar-refractivity contribution in [3.63, 3.8) is 0 Å². The molecule has 0 saturated carbocycles. The van der Waals surface area contributed by atoms with Crippen molar-refractivity contribution < 1.29 is 24.2 Å². The van der Waals surface area contributed by atoms with Crippen molar-refractivity contribution in [2.75, 3.05) is 20.3 Å². The predicted molar refractivity (Wildman–Crippen MR) is 42.1 cm³/mol. The fraction of sp³-hybridized carbons (Fsp3) is 0.750. The Labute approximate surface area is 75.6 Å². The van der Waals surface area contributed by atoms with Crippen molar-refractivity contribution in [1.29, 1.82) is 0 Å². The van der Waals surface area contributed by atoms with Crippen molar-refractivity contribution in [1.82, 2.24) is 0 Å². The maximum absolute atomic E-state index is 11.1. The quantitative estimate of drug-likeness (QED) is 0.612. The van der Waals surface area contributed by atoms with Gasteiger partial charge in [0, 0.05) is 6.61 Å². The Morgan fingerprint density at radius 2 is 2.15 bits per heavy atom. The Morgan fingerprint density at radius 3 is 2.69 bits per heavy atom. The number of carboxylic acids is 1. The van der Waals surface area contributed by atoms with Crippen LogP contribution >= 0.6 is 0 Å². The maximum Gasteiger partial charge on any atom is 0.311 e. The number of methoxy groups -OCH3 is 1. The number of carbonyl (C=O) groups is 2. The lowest BCUT2D eigenvalue weighted by Gasteiger charge is -2.26. The minimum atomic E-state index is -0.960. The number of hydrogen-bond acceptors (Lipinski definition) is 4. The molecule has 0 aliphatic carbocycles. The van der Waals surface area contributed by atoms with Crippen LogP contribution in [0.2, 0.25) is 0 Å². The van der Waals surface area contributed by atoms with Gasteiger partial charge in [-0.3, -0.25) is 9.59 Å². The van der Waals surface area contributed by atoms with E-state index in [1.807, 2.05) is 0 Å². The lowest BCUT2D eigenvalue weighted by molar-refractivity contribution is -0.163. The Kier molecular flexibility index (Phi) is 3.25. The molecule has 5 nitrogen and oxygen atoms in total. The van der Waals surface area contributed by atoms with Crippen LogP contribution in [0.4, 0.5) is 0 Å². The second-order valence-corrected chi connectivity index (χ2v) is 2.94. The first-order valence-corrected chi connectivity index (χ1v) is 4.05. The second kappa shape index (κ2) is 4.23. The van der Waals surface area contributed by atoms with Crippen molar-refractivity contribution in [2.24, 2.45) is 11.8 Å². The Morgan fingerprint density at radius 1 is 1.46 bits per heavy atom. The Hall–Kier alpha value is -1.10. The molecule has 0 bridgehead atoms. The summed E-state index contributed by atoms with van der Waals surface area (Å²) in [6, 6.07) is 0. The lowest BCUT2D eigenvalue weighted by Crippen LogP contribution is -2.38. The molecular formula is C8H12O5. The highest BCUT2D eigenvalue weighted by Gasteiger charge is 2.37. The fourth-order valence-electron chi connectivity index (χ4n) is 1.42. The molecule has 0 spiro atoms. The first kappa shape index (κ1) is 9.98. The Bertz CT molecular complexity index is 213. The number of ether oxygens (including phenoxy) is 2. The van der Waals surface area contributed by atoms with Crippen LogP contribution < -0.4 is 0 Å². The van der Waals surface area contributed by atoms with Gasteiger partial charge in [0.15, 0.2) is 0 Å². The van der Waals surface area contributed by atoms with Gasteiger partial charge in [-0.1, -0.05) is 0 Å². The van der Waals surface area contributed by atoms with Crippen LogP contribution in [0.25, 0.3) is 0 Å². The molecule has 2 atom stereocenters. The minimum Gasteiger partial charge on any atom is -0.481 e. The number of esters is 1. The van der Waals surface area contributed by atoms with Crippen LogP contribution in [-0.2, 0) is 19.1 Å². The van der Waals surface area contributed by atoms with E-state index in [9.17, 15) is 9.59 Å². The molecule has 0 radical (unpaired) electrons. The van der Waals surface area contributed by atoms with Crippen LogP contribution in [0, 0.1) is 11.8 Å². The van der Waals surface area contributed by atoms with Gasteiger partial charge >= 0.3 is 11.9 Å². The van der Waals surface area contributed by atoms with Gasteiger partial charge in [0.25, 0.3) is 0 Å². The topological polar surface area (TPSA) is 72.8 Å². The summed E-state index contributed by atoms with van der Waals surface area (Å²) >= 11 is 0. The average Bonchev–Trinajstić information content (AvgIpc) is 2.16. The summed E-state index contributed by atoms with van der Waals surface area (Å²) in [5, 5.41) is 8.79. The molecule has 1 N–H and O–H groups in total. The molecule has 1 heterocycles. The summed E-state index contributed by atoms with van der Waals surface area (Å²) in [7, 11) is 1.25. The third-order valence-electron chi connectivity index (χ3n) is 2.18. The predicted octanol–water partition coefficient (Wildman–Crippen LogP) is -0.103. The van der Waals surface area contributed by atoms with Gasteiger partial charge in [0.2, 0.25) is 0 Å².